The largest absolute Gasteiger partial charge is 0.369 e. The third-order valence-corrected chi connectivity index (χ3v) is 5.52. The lowest BCUT2D eigenvalue weighted by Gasteiger charge is -2.29. The van der Waals surface area contributed by atoms with Crippen LogP contribution in [-0.2, 0) is 0 Å². The fraction of sp³-hybridized carbons (Fsp3) is 0.174. The highest BCUT2D eigenvalue weighted by Gasteiger charge is 2.18. The van der Waals surface area contributed by atoms with Gasteiger partial charge in [-0.3, -0.25) is 9.36 Å². The van der Waals surface area contributed by atoms with E-state index in [1.54, 1.807) is 18.2 Å². The van der Waals surface area contributed by atoms with Crippen LogP contribution in [0, 0.1) is 5.82 Å². The second-order valence-electron chi connectivity index (χ2n) is 7.57. The summed E-state index contributed by atoms with van der Waals surface area (Å²) in [6.07, 6.45) is 2.62. The Hall–Kier alpha value is -3.98. The molecule has 4 aromatic rings. The predicted octanol–water partition coefficient (Wildman–Crippen LogP) is 2.81. The summed E-state index contributed by atoms with van der Waals surface area (Å²) in [4.78, 5) is 22.7. The topological polar surface area (TPSA) is 101 Å². The van der Waals surface area contributed by atoms with Gasteiger partial charge in [0, 0.05) is 49.1 Å². The zero-order valence-electron chi connectivity index (χ0n) is 17.3. The molecule has 32 heavy (non-hydrogen) atoms. The average Bonchev–Trinajstić information content (AvgIpc) is 3.21. The van der Waals surface area contributed by atoms with E-state index in [0.29, 0.717) is 16.5 Å². The highest BCUT2D eigenvalue weighted by molar-refractivity contribution is 6.06. The average molecular weight is 431 g/mol. The van der Waals surface area contributed by atoms with Crippen LogP contribution in [-0.4, -0.2) is 46.6 Å². The molecular weight excluding hydrogens is 409 g/mol. The van der Waals surface area contributed by atoms with Gasteiger partial charge >= 0.3 is 0 Å². The molecule has 3 heterocycles. The Morgan fingerprint density at radius 3 is 2.75 bits per heavy atom. The number of amides is 1. The number of nitrogens with zero attached hydrogens (tertiary/aromatic N) is 4. The second kappa shape index (κ2) is 8.27. The number of benzene rings is 2. The number of fused-ring (bicyclic) bond motifs is 1. The molecule has 0 radical (unpaired) electrons. The van der Waals surface area contributed by atoms with Gasteiger partial charge in [-0.05, 0) is 24.3 Å². The normalized spacial score (nSPS) is 14.0. The van der Waals surface area contributed by atoms with E-state index in [0.717, 1.165) is 43.8 Å². The van der Waals surface area contributed by atoms with E-state index in [1.165, 1.54) is 10.8 Å². The van der Waals surface area contributed by atoms with Crippen LogP contribution in [0.2, 0.25) is 0 Å². The number of halogens is 1. The number of carbonyl (C=O) groups excluding carboxylic acids is 1. The molecule has 9 heteroatoms. The van der Waals surface area contributed by atoms with Crippen LogP contribution in [0.25, 0.3) is 16.7 Å². The minimum absolute atomic E-state index is 0.0319. The first-order valence-electron chi connectivity index (χ1n) is 10.4. The molecule has 0 bridgehead atoms. The van der Waals surface area contributed by atoms with Crippen molar-refractivity contribution in [3.05, 3.63) is 72.3 Å². The van der Waals surface area contributed by atoms with Gasteiger partial charge in [0.1, 0.15) is 0 Å². The van der Waals surface area contributed by atoms with Crippen molar-refractivity contribution in [1.29, 1.82) is 0 Å². The molecule has 8 nitrogen and oxygen atoms in total. The minimum atomic E-state index is -0.609. The SMILES string of the molecule is NC(=O)c1cn(-c2nc(Nc3cccc(N4CCNCC4)c3)ncc2F)c2ccccc12. The van der Waals surface area contributed by atoms with Gasteiger partial charge in [-0.1, -0.05) is 24.3 Å². The molecule has 1 amide bonds. The maximum atomic E-state index is 14.7. The highest BCUT2D eigenvalue weighted by atomic mass is 19.1. The number of para-hydroxylation sites is 1. The van der Waals surface area contributed by atoms with Gasteiger partial charge in [0.25, 0.3) is 5.91 Å². The summed E-state index contributed by atoms with van der Waals surface area (Å²) in [6, 6.07) is 15.1. The Morgan fingerprint density at radius 2 is 1.94 bits per heavy atom. The maximum absolute atomic E-state index is 14.7. The molecule has 1 fully saturated rings. The number of nitrogens with one attached hydrogen (secondary N) is 2. The van der Waals surface area contributed by atoms with E-state index in [9.17, 15) is 9.18 Å². The molecule has 1 aliphatic heterocycles. The molecule has 162 valence electrons. The van der Waals surface area contributed by atoms with Crippen molar-refractivity contribution in [3.8, 4) is 5.82 Å². The zero-order chi connectivity index (χ0) is 22.1. The third-order valence-electron chi connectivity index (χ3n) is 5.52. The van der Waals surface area contributed by atoms with Crippen LogP contribution in [0.3, 0.4) is 0 Å². The molecular formula is C23H22FN7O. The zero-order valence-corrected chi connectivity index (χ0v) is 17.3. The predicted molar refractivity (Wildman–Crippen MR) is 122 cm³/mol. The summed E-state index contributed by atoms with van der Waals surface area (Å²) in [5.74, 6) is -0.916. The highest BCUT2D eigenvalue weighted by Crippen LogP contribution is 2.26. The molecule has 0 atom stereocenters. The van der Waals surface area contributed by atoms with Gasteiger partial charge < -0.3 is 21.3 Å². The van der Waals surface area contributed by atoms with Crippen molar-refractivity contribution in [3.63, 3.8) is 0 Å². The van der Waals surface area contributed by atoms with Crippen molar-refractivity contribution >= 4 is 34.1 Å². The Kier molecular flexibility index (Phi) is 5.16. The first-order valence-corrected chi connectivity index (χ1v) is 10.4. The summed E-state index contributed by atoms with van der Waals surface area (Å²) in [5, 5.41) is 7.14. The number of nitrogens with two attached hydrogens (primary N) is 1. The lowest BCUT2D eigenvalue weighted by molar-refractivity contribution is 0.100. The van der Waals surface area contributed by atoms with Crippen LogP contribution in [0.5, 0.6) is 0 Å². The number of piperazine rings is 1. The van der Waals surface area contributed by atoms with Gasteiger partial charge in [0.05, 0.1) is 17.3 Å². The Balaban J connectivity index is 1.49. The number of primary amides is 1. The lowest BCUT2D eigenvalue weighted by atomic mass is 10.2. The van der Waals surface area contributed by atoms with Crippen molar-refractivity contribution in [1.82, 2.24) is 19.9 Å². The summed E-state index contributed by atoms with van der Waals surface area (Å²) in [7, 11) is 0. The maximum Gasteiger partial charge on any atom is 0.250 e. The molecule has 0 spiro atoms. The summed E-state index contributed by atoms with van der Waals surface area (Å²) in [6.45, 7) is 3.76. The van der Waals surface area contributed by atoms with E-state index in [1.807, 2.05) is 24.3 Å². The standard InChI is InChI=1S/C23H22FN7O/c24-19-13-27-23(28-15-4-3-5-16(12-15)30-10-8-26-9-11-30)29-22(19)31-14-18(21(25)32)17-6-1-2-7-20(17)31/h1-7,12-14,26H,8-11H2,(H2,25,32)(H,27,28,29). The van der Waals surface area contributed by atoms with Crippen LogP contribution in [0.15, 0.2) is 60.9 Å². The van der Waals surface area contributed by atoms with E-state index in [4.69, 9.17) is 5.73 Å². The van der Waals surface area contributed by atoms with E-state index < -0.39 is 11.7 Å². The Bertz CT molecular complexity index is 1300. The van der Waals surface area contributed by atoms with E-state index in [-0.39, 0.29) is 11.8 Å². The molecule has 1 aliphatic rings. The first-order chi connectivity index (χ1) is 15.6. The van der Waals surface area contributed by atoms with Crippen molar-refractivity contribution in [2.45, 2.75) is 0 Å². The fourth-order valence-corrected chi connectivity index (χ4v) is 3.97. The van der Waals surface area contributed by atoms with Crippen molar-refractivity contribution in [2.24, 2.45) is 5.73 Å². The molecule has 4 N–H and O–H groups in total. The molecule has 5 rings (SSSR count). The van der Waals surface area contributed by atoms with Crippen molar-refractivity contribution < 1.29 is 9.18 Å². The molecule has 0 saturated carbocycles. The summed E-state index contributed by atoms with van der Waals surface area (Å²) < 4.78 is 16.3. The van der Waals surface area contributed by atoms with Crippen molar-refractivity contribution in [2.75, 3.05) is 36.4 Å². The quantitative estimate of drug-likeness (QED) is 0.449. The number of carbonyl (C=O) groups is 1. The van der Waals surface area contributed by atoms with Crippen LogP contribution in [0.4, 0.5) is 21.7 Å². The van der Waals surface area contributed by atoms with Gasteiger partial charge in [0.2, 0.25) is 5.95 Å². The third kappa shape index (κ3) is 3.74. The van der Waals surface area contributed by atoms with Gasteiger partial charge in [-0.25, -0.2) is 9.37 Å². The monoisotopic (exact) mass is 431 g/mol. The van der Waals surface area contributed by atoms with Crippen LogP contribution in [0.1, 0.15) is 10.4 Å². The number of hydrogen-bond acceptors (Lipinski definition) is 6. The molecule has 2 aromatic heterocycles. The number of rotatable bonds is 5. The van der Waals surface area contributed by atoms with E-state index >= 15 is 0 Å². The molecule has 0 aliphatic carbocycles. The van der Waals surface area contributed by atoms with E-state index in [2.05, 4.69) is 31.6 Å². The molecule has 0 unspecified atom stereocenters. The Labute approximate surface area is 183 Å². The van der Waals surface area contributed by atoms with Gasteiger partial charge in [0.15, 0.2) is 11.6 Å². The minimum Gasteiger partial charge on any atom is -0.369 e. The summed E-state index contributed by atoms with van der Waals surface area (Å²) in [5.41, 5.74) is 8.35. The lowest BCUT2D eigenvalue weighted by Crippen LogP contribution is -2.43. The molecule has 2 aromatic carbocycles. The first kappa shape index (κ1) is 20.0. The smallest absolute Gasteiger partial charge is 0.250 e. The van der Waals surface area contributed by atoms with Gasteiger partial charge in [-0.15, -0.1) is 0 Å². The number of aromatic nitrogens is 3. The number of anilines is 3. The second-order valence-corrected chi connectivity index (χ2v) is 7.57. The van der Waals surface area contributed by atoms with Gasteiger partial charge in [-0.2, -0.15) is 4.98 Å². The Morgan fingerprint density at radius 1 is 1.12 bits per heavy atom. The van der Waals surface area contributed by atoms with Crippen LogP contribution < -0.4 is 21.3 Å². The molecule has 1 saturated heterocycles. The summed E-state index contributed by atoms with van der Waals surface area (Å²) >= 11 is 0. The van der Waals surface area contributed by atoms with Crippen LogP contribution >= 0.6 is 0 Å². The fourth-order valence-electron chi connectivity index (χ4n) is 3.97. The number of hydrogen-bond donors (Lipinski definition) is 3.